The van der Waals surface area contributed by atoms with Crippen molar-refractivity contribution in [3.8, 4) is 5.75 Å². The fourth-order valence-corrected chi connectivity index (χ4v) is 1.64. The largest absolute Gasteiger partial charge is 0.489 e. The maximum Gasteiger partial charge on any atom is 0.315 e. The summed E-state index contributed by atoms with van der Waals surface area (Å²) in [5.41, 5.74) is 1.53. The van der Waals surface area contributed by atoms with Crippen LogP contribution in [0, 0.1) is 0 Å². The molecule has 1 amide bonds. The summed E-state index contributed by atoms with van der Waals surface area (Å²) in [6.07, 6.45) is 3.33. The minimum Gasteiger partial charge on any atom is -0.489 e. The molecule has 0 fully saturated rings. The summed E-state index contributed by atoms with van der Waals surface area (Å²) in [5.74, 6) is -0.345. The van der Waals surface area contributed by atoms with Gasteiger partial charge in [-0.25, -0.2) is 0 Å². The van der Waals surface area contributed by atoms with Gasteiger partial charge in [0.2, 0.25) is 5.91 Å². The van der Waals surface area contributed by atoms with E-state index in [-0.39, 0.29) is 13.0 Å². The molecule has 0 aliphatic carbocycles. The van der Waals surface area contributed by atoms with E-state index in [1.54, 1.807) is 37.3 Å². The third-order valence-corrected chi connectivity index (χ3v) is 2.77. The Morgan fingerprint density at radius 2 is 2.00 bits per heavy atom. The topological polar surface area (TPSA) is 64.6 Å². The molecule has 0 saturated carbocycles. The summed E-state index contributed by atoms with van der Waals surface area (Å²) in [6, 6.07) is 6.97. The zero-order valence-corrected chi connectivity index (χ0v) is 14.3. The number of ether oxygens (including phenoxy) is 2. The lowest BCUT2D eigenvalue weighted by molar-refractivity contribution is -0.145. The maximum atomic E-state index is 11.7. The Kier molecular flexibility index (Phi) is 11.2. The van der Waals surface area contributed by atoms with Gasteiger partial charge in [0.05, 0.1) is 6.61 Å². The van der Waals surface area contributed by atoms with Crippen LogP contribution >= 0.6 is 0 Å². The molecular formula is C19H25NO4. The van der Waals surface area contributed by atoms with Crippen LogP contribution < -0.4 is 10.1 Å². The van der Waals surface area contributed by atoms with Crippen molar-refractivity contribution >= 4 is 17.6 Å². The number of hydrogen-bond acceptors (Lipinski definition) is 4. The summed E-state index contributed by atoms with van der Waals surface area (Å²) in [7, 11) is 0. The molecule has 0 aliphatic heterocycles. The first-order chi connectivity index (χ1) is 11.6. The third-order valence-electron chi connectivity index (χ3n) is 2.77. The Hall–Kier alpha value is -2.82. The van der Waals surface area contributed by atoms with Crippen LogP contribution in [-0.4, -0.2) is 25.1 Å². The van der Waals surface area contributed by atoms with Gasteiger partial charge in [-0.3, -0.25) is 9.59 Å². The molecule has 24 heavy (non-hydrogen) atoms. The molecule has 0 spiro atoms. The molecule has 0 aliphatic rings. The average Bonchev–Trinajstić information content (AvgIpc) is 2.58. The van der Waals surface area contributed by atoms with Crippen molar-refractivity contribution in [2.45, 2.75) is 20.3 Å². The molecule has 1 aromatic rings. The number of benzene rings is 1. The van der Waals surface area contributed by atoms with E-state index in [0.29, 0.717) is 18.0 Å². The molecule has 0 bridgehead atoms. The number of carbonyl (C=O) groups is 2. The van der Waals surface area contributed by atoms with Crippen molar-refractivity contribution in [3.05, 3.63) is 61.7 Å². The van der Waals surface area contributed by atoms with Crippen LogP contribution in [0.2, 0.25) is 0 Å². The Morgan fingerprint density at radius 3 is 2.58 bits per heavy atom. The standard InChI is InChI=1S/C17H21NO4.C2H4/c1-4-13(5-2)12-22-15-9-7-8-14(10-15)18-16(19)11-17(20)21-6-3;1-2/h4-5,7-10H,1,6,11-12H2,2-3H3,(H,18,19);1-2H2/b13-5+;. The molecule has 5 heteroatoms. The first-order valence-corrected chi connectivity index (χ1v) is 7.55. The minimum absolute atomic E-state index is 0.256. The van der Waals surface area contributed by atoms with Gasteiger partial charge in [-0.2, -0.15) is 0 Å². The van der Waals surface area contributed by atoms with Crippen molar-refractivity contribution < 1.29 is 19.1 Å². The zero-order chi connectivity index (χ0) is 18.4. The van der Waals surface area contributed by atoms with Crippen molar-refractivity contribution in [2.24, 2.45) is 0 Å². The second-order valence-electron chi connectivity index (χ2n) is 4.41. The van der Waals surface area contributed by atoms with Gasteiger partial charge < -0.3 is 14.8 Å². The molecule has 1 N–H and O–H groups in total. The van der Waals surface area contributed by atoms with Gasteiger partial charge in [0.1, 0.15) is 18.8 Å². The SMILES string of the molecule is C=C.C=C/C(=C\C)COc1cccc(NC(=O)CC(=O)OCC)c1. The second-order valence-corrected chi connectivity index (χ2v) is 4.41. The Balaban J connectivity index is 0.00000254. The molecule has 0 radical (unpaired) electrons. The number of anilines is 1. The van der Waals surface area contributed by atoms with E-state index >= 15 is 0 Å². The molecule has 0 heterocycles. The van der Waals surface area contributed by atoms with Gasteiger partial charge in [0, 0.05) is 11.8 Å². The van der Waals surface area contributed by atoms with Crippen molar-refractivity contribution in [2.75, 3.05) is 18.5 Å². The molecular weight excluding hydrogens is 306 g/mol. The molecule has 1 rings (SSSR count). The number of amides is 1. The van der Waals surface area contributed by atoms with E-state index in [4.69, 9.17) is 9.47 Å². The Morgan fingerprint density at radius 1 is 1.29 bits per heavy atom. The predicted octanol–water partition coefficient (Wildman–Crippen LogP) is 3.89. The summed E-state index contributed by atoms with van der Waals surface area (Å²) >= 11 is 0. The van der Waals surface area contributed by atoms with Crippen LogP contribution in [0.5, 0.6) is 5.75 Å². The monoisotopic (exact) mass is 331 g/mol. The van der Waals surface area contributed by atoms with E-state index in [1.165, 1.54) is 0 Å². The fourth-order valence-electron chi connectivity index (χ4n) is 1.64. The molecule has 0 aromatic heterocycles. The van der Waals surface area contributed by atoms with Crippen molar-refractivity contribution in [3.63, 3.8) is 0 Å². The zero-order valence-electron chi connectivity index (χ0n) is 14.3. The maximum absolute atomic E-state index is 11.7. The van der Waals surface area contributed by atoms with Gasteiger partial charge >= 0.3 is 5.97 Å². The minimum atomic E-state index is -0.545. The lowest BCUT2D eigenvalue weighted by atomic mass is 10.2. The van der Waals surface area contributed by atoms with E-state index in [0.717, 1.165) is 5.57 Å². The second kappa shape index (κ2) is 12.7. The van der Waals surface area contributed by atoms with Crippen LogP contribution in [0.4, 0.5) is 5.69 Å². The average molecular weight is 331 g/mol. The van der Waals surface area contributed by atoms with Crippen LogP contribution in [0.15, 0.2) is 61.7 Å². The molecule has 0 atom stereocenters. The fraction of sp³-hybridized carbons (Fsp3) is 0.263. The molecule has 1 aromatic carbocycles. The highest BCUT2D eigenvalue weighted by atomic mass is 16.5. The number of hydrogen-bond donors (Lipinski definition) is 1. The van der Waals surface area contributed by atoms with Gasteiger partial charge in [-0.05, 0) is 31.6 Å². The number of rotatable bonds is 8. The van der Waals surface area contributed by atoms with Crippen LogP contribution in [0.1, 0.15) is 20.3 Å². The summed E-state index contributed by atoms with van der Waals surface area (Å²) in [5, 5.41) is 2.63. The van der Waals surface area contributed by atoms with Crippen LogP contribution in [-0.2, 0) is 14.3 Å². The van der Waals surface area contributed by atoms with E-state index in [9.17, 15) is 9.59 Å². The van der Waals surface area contributed by atoms with Crippen LogP contribution in [0.25, 0.3) is 0 Å². The Bertz CT molecular complexity index is 578. The van der Waals surface area contributed by atoms with Gasteiger partial charge in [0.15, 0.2) is 0 Å². The Labute approximate surface area is 143 Å². The van der Waals surface area contributed by atoms with Crippen molar-refractivity contribution in [1.29, 1.82) is 0 Å². The van der Waals surface area contributed by atoms with E-state index in [2.05, 4.69) is 25.1 Å². The summed E-state index contributed by atoms with van der Waals surface area (Å²) in [6.45, 7) is 14.0. The molecule has 0 saturated heterocycles. The molecule has 0 unspecified atom stereocenters. The molecule has 130 valence electrons. The quantitative estimate of drug-likeness (QED) is 0.340. The third kappa shape index (κ3) is 8.58. The van der Waals surface area contributed by atoms with Crippen molar-refractivity contribution in [1.82, 2.24) is 0 Å². The first kappa shape index (κ1) is 21.2. The van der Waals surface area contributed by atoms with Gasteiger partial charge in [0.25, 0.3) is 0 Å². The lowest BCUT2D eigenvalue weighted by Crippen LogP contribution is -2.18. The normalized spacial score (nSPS) is 10.0. The highest BCUT2D eigenvalue weighted by molar-refractivity contribution is 6.01. The molecule has 5 nitrogen and oxygen atoms in total. The van der Waals surface area contributed by atoms with Gasteiger partial charge in [-0.1, -0.05) is 24.8 Å². The number of esters is 1. The lowest BCUT2D eigenvalue weighted by Gasteiger charge is -2.09. The predicted molar refractivity (Wildman–Crippen MR) is 97.0 cm³/mol. The smallest absolute Gasteiger partial charge is 0.315 e. The van der Waals surface area contributed by atoms with E-state index < -0.39 is 11.9 Å². The number of allylic oxidation sites excluding steroid dienone is 1. The number of carbonyl (C=O) groups excluding carboxylic acids is 2. The van der Waals surface area contributed by atoms with Crippen LogP contribution in [0.3, 0.4) is 0 Å². The number of nitrogens with one attached hydrogen (secondary N) is 1. The van der Waals surface area contributed by atoms with Gasteiger partial charge in [-0.15, -0.1) is 13.2 Å². The highest BCUT2D eigenvalue weighted by Crippen LogP contribution is 2.18. The van der Waals surface area contributed by atoms with E-state index in [1.807, 2.05) is 13.0 Å². The first-order valence-electron chi connectivity index (χ1n) is 7.55. The summed E-state index contributed by atoms with van der Waals surface area (Å²) < 4.78 is 10.3. The highest BCUT2D eigenvalue weighted by Gasteiger charge is 2.10. The summed E-state index contributed by atoms with van der Waals surface area (Å²) in [4.78, 5) is 22.9.